The van der Waals surface area contributed by atoms with Gasteiger partial charge in [0, 0.05) is 16.0 Å². The standard InChI is InChI=1S/C23H23Cl3N4O3/c24-15-8-9-19(31-12-16-13-32-20-6-1-2-7-21(20)33-16)14(10-15)11-30-23(27-28-29-30)17-4-3-5-18(25)22(17)26/h1-9,14,16-17,20-22H,10-13H2. The van der Waals surface area contributed by atoms with Crippen molar-refractivity contribution in [2.24, 2.45) is 5.92 Å². The van der Waals surface area contributed by atoms with Gasteiger partial charge in [0.25, 0.3) is 0 Å². The third-order valence-corrected chi connectivity index (χ3v) is 7.23. The first-order valence-electron chi connectivity index (χ1n) is 10.8. The molecule has 0 bridgehead atoms. The highest BCUT2D eigenvalue weighted by molar-refractivity contribution is 6.38. The van der Waals surface area contributed by atoms with Crippen molar-refractivity contribution >= 4 is 34.8 Å². The highest BCUT2D eigenvalue weighted by Gasteiger charge is 2.33. The van der Waals surface area contributed by atoms with Crippen molar-refractivity contribution in [3.8, 4) is 0 Å². The number of fused-ring (bicyclic) bond motifs is 1. The van der Waals surface area contributed by atoms with Crippen LogP contribution >= 0.6 is 34.8 Å². The molecule has 6 atom stereocenters. The summed E-state index contributed by atoms with van der Waals surface area (Å²) in [7, 11) is 0. The zero-order chi connectivity index (χ0) is 22.8. The second kappa shape index (κ2) is 10.2. The van der Waals surface area contributed by atoms with Crippen LogP contribution < -0.4 is 0 Å². The fourth-order valence-electron chi connectivity index (χ4n) is 4.26. The quantitative estimate of drug-likeness (QED) is 0.530. The van der Waals surface area contributed by atoms with Crippen molar-refractivity contribution in [3.05, 3.63) is 76.3 Å². The number of hydrogen-bond donors (Lipinski definition) is 0. The minimum atomic E-state index is -0.418. The number of ether oxygens (including phenoxy) is 3. The number of nitrogens with zero attached hydrogens (tertiary/aromatic N) is 4. The first-order valence-corrected chi connectivity index (χ1v) is 12.0. The highest BCUT2D eigenvalue weighted by atomic mass is 35.5. The molecule has 33 heavy (non-hydrogen) atoms. The molecule has 1 saturated heterocycles. The van der Waals surface area contributed by atoms with Crippen LogP contribution in [0, 0.1) is 5.92 Å². The van der Waals surface area contributed by atoms with Gasteiger partial charge in [-0.2, -0.15) is 0 Å². The fraction of sp³-hybridized carbons (Fsp3) is 0.435. The molecule has 1 fully saturated rings. The Morgan fingerprint density at radius 1 is 1.06 bits per heavy atom. The first kappa shape index (κ1) is 22.9. The molecule has 0 radical (unpaired) electrons. The average Bonchev–Trinajstić information content (AvgIpc) is 3.28. The van der Waals surface area contributed by atoms with E-state index in [0.29, 0.717) is 37.0 Å². The molecule has 0 spiro atoms. The molecule has 4 aliphatic rings. The van der Waals surface area contributed by atoms with Crippen molar-refractivity contribution in [3.63, 3.8) is 0 Å². The van der Waals surface area contributed by atoms with Crippen molar-refractivity contribution in [1.29, 1.82) is 0 Å². The lowest BCUT2D eigenvalue weighted by atomic mass is 9.96. The molecule has 3 aliphatic carbocycles. The zero-order valence-electron chi connectivity index (χ0n) is 17.6. The lowest BCUT2D eigenvalue weighted by Gasteiger charge is -2.35. The maximum Gasteiger partial charge on any atom is 0.159 e. The van der Waals surface area contributed by atoms with E-state index >= 15 is 0 Å². The molecule has 10 heteroatoms. The van der Waals surface area contributed by atoms with E-state index in [4.69, 9.17) is 49.0 Å². The Bertz CT molecular complexity index is 1060. The summed E-state index contributed by atoms with van der Waals surface area (Å²) in [5, 5.41) is 13.2. The van der Waals surface area contributed by atoms with Crippen molar-refractivity contribution in [2.45, 2.75) is 42.6 Å². The van der Waals surface area contributed by atoms with Gasteiger partial charge in [-0.15, -0.1) is 16.7 Å². The number of allylic oxidation sites excluding steroid dienone is 10. The van der Waals surface area contributed by atoms with Gasteiger partial charge in [-0.25, -0.2) is 4.68 Å². The van der Waals surface area contributed by atoms with Gasteiger partial charge < -0.3 is 14.2 Å². The number of rotatable bonds is 6. The van der Waals surface area contributed by atoms with E-state index in [1.54, 1.807) is 10.8 Å². The number of aromatic nitrogens is 4. The smallest absolute Gasteiger partial charge is 0.159 e. The molecule has 0 saturated carbocycles. The maximum atomic E-state index is 6.51. The molecule has 1 aliphatic heterocycles. The summed E-state index contributed by atoms with van der Waals surface area (Å²) in [5.74, 6) is 1.20. The van der Waals surface area contributed by atoms with Crippen LogP contribution in [0.3, 0.4) is 0 Å². The van der Waals surface area contributed by atoms with Crippen LogP contribution in [0.25, 0.3) is 0 Å². The summed E-state index contributed by atoms with van der Waals surface area (Å²) in [4.78, 5) is 0. The summed E-state index contributed by atoms with van der Waals surface area (Å²) < 4.78 is 20.0. The van der Waals surface area contributed by atoms with E-state index in [-0.39, 0.29) is 30.1 Å². The normalized spacial score (nSPS) is 33.2. The van der Waals surface area contributed by atoms with Crippen LogP contribution in [-0.2, 0) is 20.8 Å². The van der Waals surface area contributed by atoms with E-state index in [9.17, 15) is 0 Å². The van der Waals surface area contributed by atoms with Gasteiger partial charge in [0.1, 0.15) is 30.7 Å². The number of alkyl halides is 1. The van der Waals surface area contributed by atoms with Crippen molar-refractivity contribution in [1.82, 2.24) is 20.2 Å². The van der Waals surface area contributed by atoms with E-state index in [1.165, 1.54) is 0 Å². The van der Waals surface area contributed by atoms with Crippen LogP contribution in [0.15, 0.2) is 70.5 Å². The van der Waals surface area contributed by atoms with E-state index in [0.717, 1.165) is 10.8 Å². The van der Waals surface area contributed by atoms with Crippen LogP contribution in [0.1, 0.15) is 18.2 Å². The van der Waals surface area contributed by atoms with Crippen molar-refractivity contribution in [2.75, 3.05) is 13.2 Å². The second-order valence-corrected chi connectivity index (χ2v) is 9.66. The van der Waals surface area contributed by atoms with E-state index in [1.807, 2.05) is 48.6 Å². The van der Waals surface area contributed by atoms with Gasteiger partial charge in [-0.05, 0) is 35.1 Å². The number of hydrogen-bond acceptors (Lipinski definition) is 6. The van der Waals surface area contributed by atoms with Crippen LogP contribution in [-0.4, -0.2) is 57.1 Å². The predicted molar refractivity (Wildman–Crippen MR) is 126 cm³/mol. The molecule has 1 aromatic rings. The fourth-order valence-corrected chi connectivity index (χ4v) is 4.99. The van der Waals surface area contributed by atoms with Gasteiger partial charge in [-0.1, -0.05) is 59.7 Å². The number of halogens is 3. The largest absolute Gasteiger partial charge is 0.495 e. The summed E-state index contributed by atoms with van der Waals surface area (Å²) >= 11 is 19.1. The van der Waals surface area contributed by atoms with Gasteiger partial charge in [0.05, 0.1) is 24.4 Å². The van der Waals surface area contributed by atoms with Gasteiger partial charge in [0.15, 0.2) is 5.82 Å². The molecular formula is C23H23Cl3N4O3. The van der Waals surface area contributed by atoms with Crippen LogP contribution in [0.4, 0.5) is 0 Å². The molecule has 6 unspecified atom stereocenters. The van der Waals surface area contributed by atoms with Crippen molar-refractivity contribution < 1.29 is 14.2 Å². The summed E-state index contributed by atoms with van der Waals surface area (Å²) in [6.45, 7) is 1.35. The topological polar surface area (TPSA) is 71.3 Å². The third-order valence-electron chi connectivity index (χ3n) is 5.97. The molecule has 1 aromatic heterocycles. The minimum absolute atomic E-state index is 0.0317. The summed E-state index contributed by atoms with van der Waals surface area (Å²) in [6, 6.07) is 0. The Morgan fingerprint density at radius 2 is 1.91 bits per heavy atom. The molecular weight excluding hydrogens is 487 g/mol. The molecule has 0 aromatic carbocycles. The third kappa shape index (κ3) is 5.12. The highest BCUT2D eigenvalue weighted by Crippen LogP contribution is 2.35. The Kier molecular flexibility index (Phi) is 7.04. The average molecular weight is 510 g/mol. The lowest BCUT2D eigenvalue weighted by molar-refractivity contribution is -0.162. The molecule has 0 N–H and O–H groups in total. The molecule has 5 rings (SSSR count). The van der Waals surface area contributed by atoms with Crippen LogP contribution in [0.5, 0.6) is 0 Å². The predicted octanol–water partition coefficient (Wildman–Crippen LogP) is 4.38. The van der Waals surface area contributed by atoms with Gasteiger partial charge in [0.2, 0.25) is 0 Å². The van der Waals surface area contributed by atoms with Gasteiger partial charge >= 0.3 is 0 Å². The Hall–Kier alpha value is -1.90. The summed E-state index contributed by atoms with van der Waals surface area (Å²) in [6.07, 6.45) is 17.7. The zero-order valence-corrected chi connectivity index (χ0v) is 19.9. The molecule has 2 heterocycles. The summed E-state index contributed by atoms with van der Waals surface area (Å²) in [5.41, 5.74) is 0. The number of tetrazole rings is 1. The molecule has 0 amide bonds. The Labute approximate surface area is 207 Å². The SMILES string of the molecule is ClC1=CC=C(OCC2COC3C=CC=CC3O2)C(Cn2nnnc2C2C=CC=C(Cl)C2Cl)C1. The Morgan fingerprint density at radius 3 is 2.79 bits per heavy atom. The molecule has 7 nitrogen and oxygen atoms in total. The minimum Gasteiger partial charge on any atom is -0.495 e. The second-order valence-electron chi connectivity index (χ2n) is 8.27. The van der Waals surface area contributed by atoms with Gasteiger partial charge in [-0.3, -0.25) is 0 Å². The monoisotopic (exact) mass is 508 g/mol. The van der Waals surface area contributed by atoms with Crippen LogP contribution in [0.2, 0.25) is 0 Å². The maximum absolute atomic E-state index is 6.51. The lowest BCUT2D eigenvalue weighted by Crippen LogP contribution is -2.44. The van der Waals surface area contributed by atoms with E-state index < -0.39 is 5.38 Å². The Balaban J connectivity index is 1.25. The first-order chi connectivity index (χ1) is 16.1. The van der Waals surface area contributed by atoms with E-state index in [2.05, 4.69) is 15.5 Å². The molecule has 174 valence electrons.